The highest BCUT2D eigenvalue weighted by molar-refractivity contribution is 7.90. The molecule has 6 nitrogen and oxygen atoms in total. The van der Waals surface area contributed by atoms with Crippen LogP contribution in [0.4, 0.5) is 0 Å². The fourth-order valence-electron chi connectivity index (χ4n) is 4.04. The number of sulfone groups is 1. The van der Waals surface area contributed by atoms with E-state index in [-0.39, 0.29) is 6.10 Å². The summed E-state index contributed by atoms with van der Waals surface area (Å²) >= 11 is 0. The summed E-state index contributed by atoms with van der Waals surface area (Å²) in [7, 11) is -1.59. The summed E-state index contributed by atoms with van der Waals surface area (Å²) in [5.74, 6) is 0. The Morgan fingerprint density at radius 1 is 1.36 bits per heavy atom. The second-order valence-corrected chi connectivity index (χ2v) is 9.23. The molecular weight excluding hydrogens is 338 g/mol. The molecule has 1 N–H and O–H groups in total. The van der Waals surface area contributed by atoms with Crippen molar-refractivity contribution in [3.63, 3.8) is 0 Å². The molecule has 0 aliphatic carbocycles. The summed E-state index contributed by atoms with van der Waals surface area (Å²) in [5.41, 5.74) is 0.660. The first-order valence-electron chi connectivity index (χ1n) is 8.91. The Labute approximate surface area is 150 Å². The standard InChI is InChI=1S/C18H28N3O3S/c1-24-17(13-21-15-6-3-7-16(21)9-8-15)12-20-18(25(2,22)23)14-5-4-10-19-11-14/h3-5,10-11,15-18,20H,6-9,12-13H2,1-2H3/t15-,16+,17?,18?. The highest BCUT2D eigenvalue weighted by Crippen LogP contribution is 2.35. The molecule has 4 atom stereocenters. The topological polar surface area (TPSA) is 71.5 Å². The zero-order valence-electron chi connectivity index (χ0n) is 15.0. The van der Waals surface area contributed by atoms with Crippen molar-refractivity contribution in [2.24, 2.45) is 0 Å². The van der Waals surface area contributed by atoms with Gasteiger partial charge >= 0.3 is 0 Å². The van der Waals surface area contributed by atoms with Crippen molar-refractivity contribution < 1.29 is 13.2 Å². The van der Waals surface area contributed by atoms with Gasteiger partial charge in [-0.2, -0.15) is 0 Å². The summed E-state index contributed by atoms with van der Waals surface area (Å²) in [5, 5.41) is 2.42. The number of hydrogen-bond acceptors (Lipinski definition) is 6. The first-order valence-corrected chi connectivity index (χ1v) is 10.9. The van der Waals surface area contributed by atoms with Gasteiger partial charge in [-0.15, -0.1) is 0 Å². The van der Waals surface area contributed by atoms with Crippen LogP contribution in [0.5, 0.6) is 0 Å². The maximum atomic E-state index is 12.2. The third-order valence-electron chi connectivity index (χ3n) is 5.34. The molecule has 1 radical (unpaired) electrons. The van der Waals surface area contributed by atoms with E-state index in [2.05, 4.69) is 21.6 Å². The van der Waals surface area contributed by atoms with Gasteiger partial charge in [-0.3, -0.25) is 15.2 Å². The first kappa shape index (κ1) is 18.8. The zero-order valence-corrected chi connectivity index (χ0v) is 15.8. The summed E-state index contributed by atoms with van der Waals surface area (Å²) in [4.78, 5) is 6.59. The summed E-state index contributed by atoms with van der Waals surface area (Å²) in [6.07, 6.45) is 11.7. The molecule has 0 saturated carbocycles. The van der Waals surface area contributed by atoms with E-state index in [0.717, 1.165) is 19.4 Å². The number of aromatic nitrogens is 1. The minimum absolute atomic E-state index is 0.0397. The largest absolute Gasteiger partial charge is 0.379 e. The minimum Gasteiger partial charge on any atom is -0.379 e. The van der Waals surface area contributed by atoms with E-state index in [1.807, 2.05) is 0 Å². The Morgan fingerprint density at radius 3 is 2.64 bits per heavy atom. The van der Waals surface area contributed by atoms with Crippen LogP contribution in [0, 0.1) is 6.42 Å². The molecular formula is C18H28N3O3S. The van der Waals surface area contributed by atoms with Crippen molar-refractivity contribution in [3.05, 3.63) is 36.5 Å². The molecule has 2 aliphatic heterocycles. The van der Waals surface area contributed by atoms with E-state index in [1.165, 1.54) is 19.1 Å². The number of fused-ring (bicyclic) bond motifs is 2. The van der Waals surface area contributed by atoms with Crippen LogP contribution in [0.25, 0.3) is 0 Å². The summed E-state index contributed by atoms with van der Waals surface area (Å²) in [6.45, 7) is 1.33. The SMILES string of the molecule is COC(CNC(c1cccnc1)S(C)(=O)=O)CN1[C@@H]2C[CH]C[C@H]1CC2. The highest BCUT2D eigenvalue weighted by Gasteiger charge is 2.37. The van der Waals surface area contributed by atoms with Crippen LogP contribution in [-0.4, -0.2) is 62.9 Å². The third kappa shape index (κ3) is 4.58. The smallest absolute Gasteiger partial charge is 0.167 e. The number of methoxy groups -OCH3 is 1. The molecule has 2 fully saturated rings. The number of nitrogens with zero attached hydrogens (tertiary/aromatic N) is 2. The Kier molecular flexibility index (Phi) is 6.09. The highest BCUT2D eigenvalue weighted by atomic mass is 32.2. The Hall–Kier alpha value is -1.02. The molecule has 2 unspecified atom stereocenters. The zero-order chi connectivity index (χ0) is 17.9. The van der Waals surface area contributed by atoms with E-state index >= 15 is 0 Å². The number of rotatable bonds is 8. The lowest BCUT2D eigenvalue weighted by Crippen LogP contribution is -2.47. The molecule has 1 aromatic heterocycles. The van der Waals surface area contributed by atoms with Crippen LogP contribution < -0.4 is 5.32 Å². The normalized spacial score (nSPS) is 26.5. The summed E-state index contributed by atoms with van der Waals surface area (Å²) in [6, 6.07) is 4.79. The van der Waals surface area contributed by atoms with E-state index < -0.39 is 15.2 Å². The molecule has 0 spiro atoms. The van der Waals surface area contributed by atoms with Crippen LogP contribution in [0.2, 0.25) is 0 Å². The Bertz CT molecular complexity index is 637. The van der Waals surface area contributed by atoms with E-state index in [4.69, 9.17) is 4.74 Å². The molecule has 1 aromatic rings. The van der Waals surface area contributed by atoms with Crippen molar-refractivity contribution in [3.8, 4) is 0 Å². The van der Waals surface area contributed by atoms with Gasteiger partial charge in [0.1, 0.15) is 5.37 Å². The van der Waals surface area contributed by atoms with Gasteiger partial charge < -0.3 is 4.74 Å². The Balaban J connectivity index is 1.63. The van der Waals surface area contributed by atoms with Gasteiger partial charge in [0.25, 0.3) is 0 Å². The van der Waals surface area contributed by atoms with Gasteiger partial charge in [0.05, 0.1) is 6.10 Å². The molecule has 3 rings (SSSR count). The van der Waals surface area contributed by atoms with E-state index in [0.29, 0.717) is 24.2 Å². The van der Waals surface area contributed by atoms with Crippen LogP contribution >= 0.6 is 0 Å². The van der Waals surface area contributed by atoms with Crippen molar-refractivity contribution in [1.29, 1.82) is 0 Å². The van der Waals surface area contributed by atoms with Gasteiger partial charge in [0.2, 0.25) is 0 Å². The average Bonchev–Trinajstić information content (AvgIpc) is 2.81. The van der Waals surface area contributed by atoms with E-state index in [9.17, 15) is 8.42 Å². The molecule has 2 bridgehead atoms. The van der Waals surface area contributed by atoms with Crippen molar-refractivity contribution in [1.82, 2.24) is 15.2 Å². The lowest BCUT2D eigenvalue weighted by Gasteiger charge is -2.37. The fourth-order valence-corrected chi connectivity index (χ4v) is 5.08. The maximum absolute atomic E-state index is 12.2. The van der Waals surface area contributed by atoms with Crippen LogP contribution in [0.1, 0.15) is 36.6 Å². The second kappa shape index (κ2) is 8.12. The van der Waals surface area contributed by atoms with Crippen molar-refractivity contribution >= 4 is 9.84 Å². The number of ether oxygens (including phenoxy) is 1. The second-order valence-electron chi connectivity index (χ2n) is 7.10. The minimum atomic E-state index is -3.29. The predicted molar refractivity (Wildman–Crippen MR) is 97.7 cm³/mol. The quantitative estimate of drug-likeness (QED) is 0.753. The number of pyridine rings is 1. The lowest BCUT2D eigenvalue weighted by molar-refractivity contribution is 0.0386. The number of hydrogen-bond donors (Lipinski definition) is 1. The molecule has 3 heterocycles. The van der Waals surface area contributed by atoms with Gasteiger partial charge in [-0.05, 0) is 38.2 Å². The number of piperidine rings is 1. The number of nitrogens with one attached hydrogen (secondary N) is 1. The van der Waals surface area contributed by atoms with Gasteiger partial charge in [0, 0.05) is 56.5 Å². The third-order valence-corrected chi connectivity index (χ3v) is 6.64. The van der Waals surface area contributed by atoms with Crippen molar-refractivity contribution in [2.45, 2.75) is 49.2 Å². The van der Waals surface area contributed by atoms with Gasteiger partial charge in [0.15, 0.2) is 9.84 Å². The van der Waals surface area contributed by atoms with Gasteiger partial charge in [-0.25, -0.2) is 8.42 Å². The molecule has 2 aliphatic rings. The molecule has 139 valence electrons. The maximum Gasteiger partial charge on any atom is 0.167 e. The van der Waals surface area contributed by atoms with Crippen molar-refractivity contribution in [2.75, 3.05) is 26.5 Å². The van der Waals surface area contributed by atoms with Crippen LogP contribution in [0.15, 0.2) is 24.5 Å². The molecule has 25 heavy (non-hydrogen) atoms. The lowest BCUT2D eigenvalue weighted by atomic mass is 10.0. The first-order chi connectivity index (χ1) is 12.0. The van der Waals surface area contributed by atoms with E-state index in [1.54, 1.807) is 31.6 Å². The van der Waals surface area contributed by atoms with Crippen LogP contribution in [-0.2, 0) is 14.6 Å². The Morgan fingerprint density at radius 2 is 2.08 bits per heavy atom. The summed E-state index contributed by atoms with van der Waals surface area (Å²) < 4.78 is 30.0. The molecule has 7 heteroatoms. The fraction of sp³-hybridized carbons (Fsp3) is 0.667. The van der Waals surface area contributed by atoms with Gasteiger partial charge in [-0.1, -0.05) is 6.07 Å². The average molecular weight is 367 g/mol. The monoisotopic (exact) mass is 366 g/mol. The molecule has 0 aromatic carbocycles. The molecule has 2 saturated heterocycles. The predicted octanol–water partition coefficient (Wildman–Crippen LogP) is 1.56. The van der Waals surface area contributed by atoms with Crippen LogP contribution in [0.3, 0.4) is 0 Å². The molecule has 0 amide bonds.